The Balaban J connectivity index is 1.96. The number of carbonyl (C=O) groups is 2. The van der Waals surface area contributed by atoms with E-state index in [9.17, 15) is 9.59 Å². The van der Waals surface area contributed by atoms with Gasteiger partial charge in [0.1, 0.15) is 5.75 Å². The van der Waals surface area contributed by atoms with E-state index in [0.29, 0.717) is 17.0 Å². The van der Waals surface area contributed by atoms with Crippen molar-refractivity contribution < 1.29 is 14.3 Å². The standard InChI is InChI=1S/C18H19BrN2O3/c1-12-9-15(7-8-16(12)19)24-11-17(22)20-14-6-4-5-13(10-14)18(23)21(2)3/h4-10H,11H2,1-3H3,(H,20,22). The van der Waals surface area contributed by atoms with E-state index >= 15 is 0 Å². The highest BCUT2D eigenvalue weighted by Crippen LogP contribution is 2.21. The van der Waals surface area contributed by atoms with Crippen LogP contribution in [0.3, 0.4) is 0 Å². The first kappa shape index (κ1) is 18.0. The third kappa shape index (κ3) is 4.83. The van der Waals surface area contributed by atoms with Gasteiger partial charge in [-0.3, -0.25) is 9.59 Å². The molecule has 0 aromatic heterocycles. The summed E-state index contributed by atoms with van der Waals surface area (Å²) in [7, 11) is 3.36. The Morgan fingerprint density at radius 3 is 2.58 bits per heavy atom. The number of amides is 2. The van der Waals surface area contributed by atoms with Crippen molar-refractivity contribution in [1.82, 2.24) is 4.90 Å². The summed E-state index contributed by atoms with van der Waals surface area (Å²) in [6.45, 7) is 1.84. The maximum Gasteiger partial charge on any atom is 0.262 e. The van der Waals surface area contributed by atoms with Gasteiger partial charge in [0.15, 0.2) is 6.61 Å². The highest BCUT2D eigenvalue weighted by molar-refractivity contribution is 9.10. The van der Waals surface area contributed by atoms with E-state index in [2.05, 4.69) is 21.2 Å². The molecule has 0 spiro atoms. The van der Waals surface area contributed by atoms with Crippen LogP contribution in [0.4, 0.5) is 5.69 Å². The Morgan fingerprint density at radius 2 is 1.92 bits per heavy atom. The fourth-order valence-corrected chi connectivity index (χ4v) is 2.29. The van der Waals surface area contributed by atoms with Crippen LogP contribution in [0.5, 0.6) is 5.75 Å². The molecule has 0 saturated heterocycles. The molecular formula is C18H19BrN2O3. The number of carbonyl (C=O) groups excluding carboxylic acids is 2. The molecule has 0 bridgehead atoms. The lowest BCUT2D eigenvalue weighted by atomic mass is 10.2. The number of ether oxygens (including phenoxy) is 1. The van der Waals surface area contributed by atoms with Gasteiger partial charge in [-0.15, -0.1) is 0 Å². The van der Waals surface area contributed by atoms with E-state index in [1.807, 2.05) is 19.1 Å². The Labute approximate surface area is 149 Å². The molecule has 0 radical (unpaired) electrons. The topological polar surface area (TPSA) is 58.6 Å². The van der Waals surface area contributed by atoms with Crippen molar-refractivity contribution in [1.29, 1.82) is 0 Å². The first-order valence-corrected chi connectivity index (χ1v) is 8.16. The van der Waals surface area contributed by atoms with Gasteiger partial charge in [0.05, 0.1) is 0 Å². The van der Waals surface area contributed by atoms with Crippen molar-refractivity contribution in [3.8, 4) is 5.75 Å². The second-order valence-corrected chi connectivity index (χ2v) is 6.38. The molecule has 0 aliphatic rings. The molecule has 2 aromatic rings. The van der Waals surface area contributed by atoms with Crippen LogP contribution >= 0.6 is 15.9 Å². The number of hydrogen-bond donors (Lipinski definition) is 1. The molecule has 1 N–H and O–H groups in total. The van der Waals surface area contributed by atoms with Gasteiger partial charge in [0.25, 0.3) is 11.8 Å². The van der Waals surface area contributed by atoms with E-state index < -0.39 is 0 Å². The largest absolute Gasteiger partial charge is 0.484 e. The second kappa shape index (κ2) is 7.97. The van der Waals surface area contributed by atoms with Gasteiger partial charge in [-0.25, -0.2) is 0 Å². The number of hydrogen-bond acceptors (Lipinski definition) is 3. The minimum Gasteiger partial charge on any atom is -0.484 e. The molecule has 0 saturated carbocycles. The molecule has 0 heterocycles. The monoisotopic (exact) mass is 390 g/mol. The number of nitrogens with zero attached hydrogens (tertiary/aromatic N) is 1. The summed E-state index contributed by atoms with van der Waals surface area (Å²) in [4.78, 5) is 25.4. The highest BCUT2D eigenvalue weighted by Gasteiger charge is 2.10. The zero-order valence-corrected chi connectivity index (χ0v) is 15.4. The number of rotatable bonds is 5. The minimum atomic E-state index is -0.287. The molecule has 6 heteroatoms. The summed E-state index contributed by atoms with van der Waals surface area (Å²) in [5.74, 6) is 0.222. The van der Waals surface area contributed by atoms with Crippen molar-refractivity contribution in [2.24, 2.45) is 0 Å². The zero-order valence-electron chi connectivity index (χ0n) is 13.8. The smallest absolute Gasteiger partial charge is 0.262 e. The molecule has 0 atom stereocenters. The van der Waals surface area contributed by atoms with E-state index in [4.69, 9.17) is 4.74 Å². The fourth-order valence-electron chi connectivity index (χ4n) is 2.04. The third-order valence-corrected chi connectivity index (χ3v) is 4.19. The van der Waals surface area contributed by atoms with Crippen molar-refractivity contribution in [2.45, 2.75) is 6.92 Å². The molecule has 0 fully saturated rings. The second-order valence-electron chi connectivity index (χ2n) is 5.53. The zero-order chi connectivity index (χ0) is 17.7. The lowest BCUT2D eigenvalue weighted by molar-refractivity contribution is -0.118. The van der Waals surface area contributed by atoms with Crippen LogP contribution in [0, 0.1) is 6.92 Å². The first-order valence-electron chi connectivity index (χ1n) is 7.37. The molecule has 5 nitrogen and oxygen atoms in total. The minimum absolute atomic E-state index is 0.104. The Hall–Kier alpha value is -2.34. The van der Waals surface area contributed by atoms with Gasteiger partial charge in [-0.2, -0.15) is 0 Å². The van der Waals surface area contributed by atoms with Crippen LogP contribution in [0.25, 0.3) is 0 Å². The van der Waals surface area contributed by atoms with Crippen LogP contribution in [0.2, 0.25) is 0 Å². The lowest BCUT2D eigenvalue weighted by Gasteiger charge is -2.12. The van der Waals surface area contributed by atoms with Crippen molar-refractivity contribution in [2.75, 3.05) is 26.0 Å². The van der Waals surface area contributed by atoms with Crippen LogP contribution in [0.15, 0.2) is 46.9 Å². The summed E-state index contributed by atoms with van der Waals surface area (Å²) in [6, 6.07) is 12.3. The first-order chi connectivity index (χ1) is 11.4. The molecule has 0 unspecified atom stereocenters. The van der Waals surface area contributed by atoms with Gasteiger partial charge in [0, 0.05) is 29.8 Å². The maximum atomic E-state index is 12.0. The third-order valence-electron chi connectivity index (χ3n) is 3.30. The summed E-state index contributed by atoms with van der Waals surface area (Å²) in [5.41, 5.74) is 2.10. The molecule has 2 aromatic carbocycles. The Morgan fingerprint density at radius 1 is 1.17 bits per heavy atom. The summed E-state index contributed by atoms with van der Waals surface area (Å²) >= 11 is 3.42. The summed E-state index contributed by atoms with van der Waals surface area (Å²) < 4.78 is 6.47. The predicted molar refractivity (Wildman–Crippen MR) is 97.5 cm³/mol. The summed E-state index contributed by atoms with van der Waals surface area (Å²) in [6.07, 6.45) is 0. The number of nitrogens with one attached hydrogen (secondary N) is 1. The fraction of sp³-hybridized carbons (Fsp3) is 0.222. The van der Waals surface area contributed by atoms with E-state index in [1.165, 1.54) is 4.90 Å². The van der Waals surface area contributed by atoms with Crippen molar-refractivity contribution in [3.05, 3.63) is 58.1 Å². The van der Waals surface area contributed by atoms with E-state index in [1.54, 1.807) is 44.4 Å². The van der Waals surface area contributed by atoms with Crippen molar-refractivity contribution >= 4 is 33.4 Å². The highest BCUT2D eigenvalue weighted by atomic mass is 79.9. The van der Waals surface area contributed by atoms with Gasteiger partial charge in [-0.05, 0) is 48.9 Å². The molecule has 2 rings (SSSR count). The van der Waals surface area contributed by atoms with Crippen molar-refractivity contribution in [3.63, 3.8) is 0 Å². The molecule has 2 amide bonds. The average Bonchev–Trinajstić information content (AvgIpc) is 2.55. The molecule has 24 heavy (non-hydrogen) atoms. The molecular weight excluding hydrogens is 372 g/mol. The van der Waals surface area contributed by atoms with Gasteiger partial charge >= 0.3 is 0 Å². The SMILES string of the molecule is Cc1cc(OCC(=O)Nc2cccc(C(=O)N(C)C)c2)ccc1Br. The number of benzene rings is 2. The number of halogens is 1. The van der Waals surface area contributed by atoms with Crippen LogP contribution in [0.1, 0.15) is 15.9 Å². The van der Waals surface area contributed by atoms with E-state index in [-0.39, 0.29) is 18.4 Å². The van der Waals surface area contributed by atoms with Gasteiger partial charge in [0.2, 0.25) is 0 Å². The maximum absolute atomic E-state index is 12.0. The molecule has 0 aliphatic carbocycles. The van der Waals surface area contributed by atoms with Gasteiger partial charge < -0.3 is 15.0 Å². The number of anilines is 1. The normalized spacial score (nSPS) is 10.2. The molecule has 126 valence electrons. The summed E-state index contributed by atoms with van der Waals surface area (Å²) in [5, 5.41) is 2.73. The molecule has 0 aliphatic heterocycles. The van der Waals surface area contributed by atoms with E-state index in [0.717, 1.165) is 10.0 Å². The average molecular weight is 391 g/mol. The lowest BCUT2D eigenvalue weighted by Crippen LogP contribution is -2.23. The number of aryl methyl sites for hydroxylation is 1. The van der Waals surface area contributed by atoms with Crippen LogP contribution in [-0.2, 0) is 4.79 Å². The van der Waals surface area contributed by atoms with Crippen LogP contribution in [-0.4, -0.2) is 37.4 Å². The van der Waals surface area contributed by atoms with Crippen LogP contribution < -0.4 is 10.1 Å². The quantitative estimate of drug-likeness (QED) is 0.849. The Kier molecular flexibility index (Phi) is 5.98. The predicted octanol–water partition coefficient (Wildman–Crippen LogP) is 3.48. The van der Waals surface area contributed by atoms with Gasteiger partial charge in [-0.1, -0.05) is 22.0 Å². The Bertz CT molecular complexity index is 760.